The van der Waals surface area contributed by atoms with E-state index < -0.39 is 0 Å². The second-order valence-corrected chi connectivity index (χ2v) is 18.5. The van der Waals surface area contributed by atoms with E-state index in [0.717, 1.165) is 44.4 Å². The third kappa shape index (κ3) is 4.51. The fraction of sp³-hybridized carbons (Fsp3) is 0.173. The number of nitrogens with zero attached hydrogens (tertiary/aromatic N) is 4. The molecule has 0 aliphatic carbocycles. The standard InChI is InChI=1S/C52H43BN4O/c1-51(2,3)31-17-20-33(21-18-31)57-42-24-19-32(52(4,5)6)25-37(42)35-22-23-36-38-27-47-39(34-15-11-12-16-46(34)58-47)26-43(38)56-44-29-45-41(28-40(44)53(57)48(35)49(36)56)54-50(55(45)7)30-13-9-8-10-14-30/h8-29H,1-7H3. The lowest BCUT2D eigenvalue weighted by Crippen LogP contribution is -2.60. The summed E-state index contributed by atoms with van der Waals surface area (Å²) in [6, 6.07) is 49.6. The molecule has 2 aliphatic rings. The van der Waals surface area contributed by atoms with Crippen molar-refractivity contribution in [3.05, 3.63) is 145 Å². The first-order valence-electron chi connectivity index (χ1n) is 20.5. The molecule has 0 saturated carbocycles. The Hall–Kier alpha value is -6.53. The number of imidazole rings is 1. The highest BCUT2D eigenvalue weighted by atomic mass is 16.3. The summed E-state index contributed by atoms with van der Waals surface area (Å²) in [5.74, 6) is 0.962. The van der Waals surface area contributed by atoms with Gasteiger partial charge in [-0.2, -0.15) is 0 Å². The van der Waals surface area contributed by atoms with Crippen LogP contribution < -0.4 is 15.7 Å². The van der Waals surface area contributed by atoms with E-state index in [0.29, 0.717) is 0 Å². The number of rotatable bonds is 2. The van der Waals surface area contributed by atoms with Crippen LogP contribution in [-0.4, -0.2) is 21.0 Å². The largest absolute Gasteiger partial charge is 0.456 e. The molecule has 12 rings (SSSR count). The zero-order chi connectivity index (χ0) is 39.4. The van der Waals surface area contributed by atoms with Crippen molar-refractivity contribution in [3.63, 3.8) is 0 Å². The quantitative estimate of drug-likeness (QED) is 0.165. The Kier molecular flexibility index (Phi) is 6.56. The smallest absolute Gasteiger partial charge is 0.333 e. The maximum Gasteiger partial charge on any atom is 0.333 e. The first-order chi connectivity index (χ1) is 27.9. The first kappa shape index (κ1) is 33.6. The molecule has 0 atom stereocenters. The van der Waals surface area contributed by atoms with Gasteiger partial charge in [0.2, 0.25) is 0 Å². The molecule has 7 aromatic carbocycles. The maximum absolute atomic E-state index is 6.53. The Morgan fingerprint density at radius 1 is 0.569 bits per heavy atom. The van der Waals surface area contributed by atoms with Gasteiger partial charge in [-0.25, -0.2) is 4.98 Å². The summed E-state index contributed by atoms with van der Waals surface area (Å²) < 4.78 is 11.4. The van der Waals surface area contributed by atoms with Crippen molar-refractivity contribution >= 4 is 83.9 Å². The van der Waals surface area contributed by atoms with Gasteiger partial charge in [0, 0.05) is 56.8 Å². The molecule has 5 heterocycles. The molecule has 10 aromatic rings. The molecular weight excluding hydrogens is 707 g/mol. The lowest BCUT2D eigenvalue weighted by Gasteiger charge is -2.42. The average molecular weight is 751 g/mol. The third-order valence-corrected chi connectivity index (χ3v) is 13.0. The highest BCUT2D eigenvalue weighted by Gasteiger charge is 2.44. The summed E-state index contributed by atoms with van der Waals surface area (Å²) in [5.41, 5.74) is 18.9. The monoisotopic (exact) mass is 750 g/mol. The minimum absolute atomic E-state index is 0.00814. The zero-order valence-corrected chi connectivity index (χ0v) is 34.0. The van der Waals surface area contributed by atoms with Crippen molar-refractivity contribution < 1.29 is 4.42 Å². The number of anilines is 2. The van der Waals surface area contributed by atoms with Crippen LogP contribution in [0.2, 0.25) is 0 Å². The Bertz CT molecular complexity index is 3370. The highest BCUT2D eigenvalue weighted by Crippen LogP contribution is 2.47. The van der Waals surface area contributed by atoms with Gasteiger partial charge in [0.1, 0.15) is 17.0 Å². The van der Waals surface area contributed by atoms with Crippen LogP contribution in [0.1, 0.15) is 52.7 Å². The predicted octanol–water partition coefficient (Wildman–Crippen LogP) is 12.1. The molecule has 0 unspecified atom stereocenters. The van der Waals surface area contributed by atoms with Gasteiger partial charge in [0.15, 0.2) is 0 Å². The number of benzene rings is 7. The van der Waals surface area contributed by atoms with Crippen LogP contribution in [0.25, 0.3) is 83.0 Å². The fourth-order valence-electron chi connectivity index (χ4n) is 10.0. The second-order valence-electron chi connectivity index (χ2n) is 18.5. The second kappa shape index (κ2) is 11.3. The van der Waals surface area contributed by atoms with Crippen molar-refractivity contribution in [2.24, 2.45) is 7.05 Å². The minimum Gasteiger partial charge on any atom is -0.456 e. The average Bonchev–Trinajstić information content (AvgIpc) is 3.86. The Balaban J connectivity index is 1.24. The Labute approximate surface area is 338 Å². The lowest BCUT2D eigenvalue weighted by atomic mass is 9.44. The summed E-state index contributed by atoms with van der Waals surface area (Å²) >= 11 is 0. The number of hydrogen-bond donors (Lipinski definition) is 0. The van der Waals surface area contributed by atoms with Crippen LogP contribution >= 0.6 is 0 Å². The van der Waals surface area contributed by atoms with Gasteiger partial charge in [0.05, 0.1) is 22.1 Å². The fourth-order valence-corrected chi connectivity index (χ4v) is 10.0. The van der Waals surface area contributed by atoms with Crippen molar-refractivity contribution in [1.82, 2.24) is 14.1 Å². The molecule has 0 saturated heterocycles. The van der Waals surface area contributed by atoms with Crippen LogP contribution in [0.15, 0.2) is 138 Å². The number of hydrogen-bond acceptors (Lipinski definition) is 3. The Morgan fingerprint density at radius 2 is 1.31 bits per heavy atom. The summed E-state index contributed by atoms with van der Waals surface area (Å²) in [6.45, 7) is 13.7. The van der Waals surface area contributed by atoms with E-state index in [-0.39, 0.29) is 17.7 Å². The summed E-state index contributed by atoms with van der Waals surface area (Å²) in [7, 11) is 2.15. The minimum atomic E-state index is -0.102. The molecule has 0 N–H and O–H groups in total. The van der Waals surface area contributed by atoms with Crippen LogP contribution in [0.4, 0.5) is 11.4 Å². The number of aromatic nitrogens is 3. The molecule has 0 bridgehead atoms. The number of fused-ring (bicyclic) bond motifs is 12. The van der Waals surface area contributed by atoms with Crippen molar-refractivity contribution in [2.45, 2.75) is 52.4 Å². The van der Waals surface area contributed by atoms with E-state index in [1.54, 1.807) is 0 Å². The maximum atomic E-state index is 6.53. The molecule has 2 aliphatic heterocycles. The van der Waals surface area contributed by atoms with E-state index in [4.69, 9.17) is 9.40 Å². The van der Waals surface area contributed by atoms with Gasteiger partial charge in [-0.3, -0.25) is 0 Å². The highest BCUT2D eigenvalue weighted by molar-refractivity contribution is 6.93. The summed E-state index contributed by atoms with van der Waals surface area (Å²) in [5, 5.41) is 4.70. The van der Waals surface area contributed by atoms with Crippen LogP contribution in [0, 0.1) is 0 Å². The molecule has 280 valence electrons. The van der Waals surface area contributed by atoms with Crippen molar-refractivity contribution in [3.8, 4) is 28.2 Å². The van der Waals surface area contributed by atoms with Crippen molar-refractivity contribution in [1.29, 1.82) is 0 Å². The molecule has 5 nitrogen and oxygen atoms in total. The van der Waals surface area contributed by atoms with Crippen LogP contribution in [0.3, 0.4) is 0 Å². The summed E-state index contributed by atoms with van der Waals surface area (Å²) in [4.78, 5) is 7.98. The van der Waals surface area contributed by atoms with E-state index >= 15 is 0 Å². The van der Waals surface area contributed by atoms with Gasteiger partial charge < -0.3 is 18.4 Å². The number of para-hydroxylation sites is 1. The Morgan fingerprint density at radius 3 is 2.09 bits per heavy atom. The first-order valence-corrected chi connectivity index (χ1v) is 20.5. The van der Waals surface area contributed by atoms with Gasteiger partial charge in [-0.05, 0) is 93.0 Å². The van der Waals surface area contributed by atoms with Gasteiger partial charge >= 0.3 is 6.85 Å². The molecule has 0 fully saturated rings. The van der Waals surface area contributed by atoms with E-state index in [2.05, 4.69) is 196 Å². The molecule has 0 radical (unpaired) electrons. The molecule has 3 aromatic heterocycles. The summed E-state index contributed by atoms with van der Waals surface area (Å²) in [6.07, 6.45) is 0. The third-order valence-electron chi connectivity index (χ3n) is 13.0. The van der Waals surface area contributed by atoms with E-state index in [1.165, 1.54) is 72.0 Å². The van der Waals surface area contributed by atoms with E-state index in [9.17, 15) is 0 Å². The van der Waals surface area contributed by atoms with E-state index in [1.807, 2.05) is 0 Å². The number of furan rings is 1. The SMILES string of the molecule is Cn1c(-c2ccccc2)nc2cc3c(cc21)-n1c2cc4c(cc2c2ccc5c(c21)B3N(c1ccc(C(C)(C)C)cc1)c1ccc(C(C)(C)C)cc1-5)oc1ccccc14. The molecule has 58 heavy (non-hydrogen) atoms. The van der Waals surface area contributed by atoms with Gasteiger partial charge in [-0.15, -0.1) is 0 Å². The van der Waals surface area contributed by atoms with Gasteiger partial charge in [0.25, 0.3) is 0 Å². The molecule has 0 spiro atoms. The zero-order valence-electron chi connectivity index (χ0n) is 34.0. The molecular formula is C52H43BN4O. The van der Waals surface area contributed by atoms with Crippen LogP contribution in [0.5, 0.6) is 0 Å². The van der Waals surface area contributed by atoms with Crippen molar-refractivity contribution in [2.75, 3.05) is 4.81 Å². The number of aryl methyl sites for hydroxylation is 1. The van der Waals surface area contributed by atoms with Gasteiger partial charge in [-0.1, -0.05) is 120 Å². The molecule has 6 heteroatoms. The predicted molar refractivity (Wildman–Crippen MR) is 244 cm³/mol. The van der Waals surface area contributed by atoms with Crippen LogP contribution in [-0.2, 0) is 17.9 Å². The molecule has 0 amide bonds. The topological polar surface area (TPSA) is 39.1 Å². The normalized spacial score (nSPS) is 13.7. The lowest BCUT2D eigenvalue weighted by molar-refractivity contribution is 0.590.